The molecule has 0 aromatic carbocycles. The van der Waals surface area contributed by atoms with Crippen LogP contribution in [-0.2, 0) is 4.74 Å². The van der Waals surface area contributed by atoms with Crippen LogP contribution in [0.1, 0.15) is 34.1 Å². The van der Waals surface area contributed by atoms with E-state index in [1.54, 1.807) is 34.7 Å². The van der Waals surface area contributed by atoms with E-state index < -0.39 is 23.8 Å². The van der Waals surface area contributed by atoms with E-state index in [-0.39, 0.29) is 6.42 Å². The van der Waals surface area contributed by atoms with Crippen molar-refractivity contribution in [2.45, 2.75) is 51.9 Å². The minimum atomic E-state index is -0.859. The molecule has 0 aromatic rings. The van der Waals surface area contributed by atoms with Crippen molar-refractivity contribution in [2.24, 2.45) is 0 Å². The number of amides is 1. The minimum Gasteiger partial charge on any atom is -0.444 e. The van der Waals surface area contributed by atoms with Crippen molar-refractivity contribution in [2.75, 3.05) is 7.05 Å². The van der Waals surface area contributed by atoms with Crippen molar-refractivity contribution in [3.05, 3.63) is 0 Å². The van der Waals surface area contributed by atoms with Crippen LogP contribution in [0.25, 0.3) is 0 Å². The average Bonchev–Trinajstić information content (AvgIpc) is 2.13. The number of aliphatic hydroxyl groups is 1. The molecule has 2 atom stereocenters. The van der Waals surface area contributed by atoms with Gasteiger partial charge in [0.2, 0.25) is 0 Å². The summed E-state index contributed by atoms with van der Waals surface area (Å²) in [5, 5.41) is 18.0. The fourth-order valence-electron chi connectivity index (χ4n) is 1.02. The molecular formula is C11H20N2O3. The van der Waals surface area contributed by atoms with Crippen LogP contribution in [0.4, 0.5) is 4.79 Å². The molecule has 0 saturated heterocycles. The summed E-state index contributed by atoms with van der Waals surface area (Å²) in [5.74, 6) is 0. The number of hydrogen-bond acceptors (Lipinski definition) is 4. The molecule has 0 spiro atoms. The number of hydrogen-bond donors (Lipinski definition) is 1. The maximum absolute atomic E-state index is 11.6. The number of carbonyl (C=O) groups excluding carboxylic acids is 1. The summed E-state index contributed by atoms with van der Waals surface area (Å²) in [5.41, 5.74) is -0.564. The molecular weight excluding hydrogens is 208 g/mol. The number of nitrogens with zero attached hydrogens (tertiary/aromatic N) is 2. The van der Waals surface area contributed by atoms with E-state index in [2.05, 4.69) is 0 Å². The zero-order chi connectivity index (χ0) is 12.9. The fourth-order valence-corrected chi connectivity index (χ4v) is 1.02. The lowest BCUT2D eigenvalue weighted by Crippen LogP contribution is -2.44. The summed E-state index contributed by atoms with van der Waals surface area (Å²) in [6.07, 6.45) is -1.37. The molecule has 0 heterocycles. The standard InChI is InChI=1S/C11H20N2O3/c1-8(9(14)6-7-12)13(5)10(15)16-11(2,3)4/h8-9,14H,6H2,1-5H3. The quantitative estimate of drug-likeness (QED) is 0.794. The van der Waals surface area contributed by atoms with E-state index in [1.165, 1.54) is 4.90 Å². The largest absolute Gasteiger partial charge is 0.444 e. The Bertz CT molecular complexity index is 278. The van der Waals surface area contributed by atoms with Gasteiger partial charge in [0.1, 0.15) is 5.60 Å². The SMILES string of the molecule is CC(C(O)CC#N)N(C)C(=O)OC(C)(C)C. The van der Waals surface area contributed by atoms with Crippen molar-refractivity contribution >= 4 is 6.09 Å². The van der Waals surface area contributed by atoms with Gasteiger partial charge in [-0.05, 0) is 27.7 Å². The van der Waals surface area contributed by atoms with Gasteiger partial charge in [0.25, 0.3) is 0 Å². The summed E-state index contributed by atoms with van der Waals surface area (Å²) < 4.78 is 5.14. The van der Waals surface area contributed by atoms with Crippen LogP contribution in [-0.4, -0.2) is 40.9 Å². The van der Waals surface area contributed by atoms with Gasteiger partial charge in [-0.3, -0.25) is 0 Å². The van der Waals surface area contributed by atoms with E-state index >= 15 is 0 Å². The molecule has 1 amide bonds. The molecule has 16 heavy (non-hydrogen) atoms. The van der Waals surface area contributed by atoms with Crippen molar-refractivity contribution < 1.29 is 14.6 Å². The van der Waals surface area contributed by atoms with Crippen molar-refractivity contribution in [3.8, 4) is 6.07 Å². The number of carbonyl (C=O) groups is 1. The summed E-state index contributed by atoms with van der Waals surface area (Å²) in [6.45, 7) is 6.99. The number of likely N-dealkylation sites (N-methyl/N-ethyl adjacent to an activating group) is 1. The fraction of sp³-hybridized carbons (Fsp3) is 0.818. The van der Waals surface area contributed by atoms with Crippen molar-refractivity contribution in [1.82, 2.24) is 4.90 Å². The maximum Gasteiger partial charge on any atom is 0.410 e. The van der Waals surface area contributed by atoms with Gasteiger partial charge in [-0.15, -0.1) is 0 Å². The lowest BCUT2D eigenvalue weighted by molar-refractivity contribution is 0.00632. The van der Waals surface area contributed by atoms with Crippen LogP contribution in [0.2, 0.25) is 0 Å². The molecule has 0 radical (unpaired) electrons. The van der Waals surface area contributed by atoms with Gasteiger partial charge in [-0.25, -0.2) is 4.79 Å². The van der Waals surface area contributed by atoms with Gasteiger partial charge in [0, 0.05) is 7.05 Å². The molecule has 0 aliphatic carbocycles. The first-order chi connectivity index (χ1) is 7.19. The Morgan fingerprint density at radius 1 is 1.56 bits per heavy atom. The highest BCUT2D eigenvalue weighted by atomic mass is 16.6. The highest BCUT2D eigenvalue weighted by molar-refractivity contribution is 5.68. The van der Waals surface area contributed by atoms with E-state index in [0.717, 1.165) is 0 Å². The van der Waals surface area contributed by atoms with Crippen LogP contribution in [0.3, 0.4) is 0 Å². The molecule has 5 heteroatoms. The van der Waals surface area contributed by atoms with Gasteiger partial charge in [-0.1, -0.05) is 0 Å². The second-order valence-electron chi connectivity index (χ2n) is 4.76. The second-order valence-corrected chi connectivity index (χ2v) is 4.76. The first-order valence-corrected chi connectivity index (χ1v) is 5.20. The van der Waals surface area contributed by atoms with E-state index in [9.17, 15) is 9.90 Å². The molecule has 0 saturated carbocycles. The number of aliphatic hydroxyl groups excluding tert-OH is 1. The van der Waals surface area contributed by atoms with Gasteiger partial charge in [0.05, 0.1) is 24.6 Å². The second kappa shape index (κ2) is 5.71. The molecule has 0 aliphatic heterocycles. The summed E-state index contributed by atoms with van der Waals surface area (Å²) >= 11 is 0. The molecule has 92 valence electrons. The Hall–Kier alpha value is -1.28. The van der Waals surface area contributed by atoms with Crippen LogP contribution in [0.15, 0.2) is 0 Å². The summed E-state index contributed by atoms with van der Waals surface area (Å²) in [4.78, 5) is 12.9. The molecule has 0 aliphatic rings. The van der Waals surface area contributed by atoms with Gasteiger partial charge in [-0.2, -0.15) is 5.26 Å². The Balaban J connectivity index is 4.39. The minimum absolute atomic E-state index is 0.00565. The predicted octanol–water partition coefficient (Wildman–Crippen LogP) is 1.52. The van der Waals surface area contributed by atoms with Gasteiger partial charge in [0.15, 0.2) is 0 Å². The molecule has 0 aromatic heterocycles. The lowest BCUT2D eigenvalue weighted by Gasteiger charge is -2.30. The van der Waals surface area contributed by atoms with Crippen molar-refractivity contribution in [1.29, 1.82) is 5.26 Å². The number of rotatable bonds is 3. The van der Waals surface area contributed by atoms with Crippen LogP contribution in [0.5, 0.6) is 0 Å². The van der Waals surface area contributed by atoms with Gasteiger partial charge < -0.3 is 14.7 Å². The van der Waals surface area contributed by atoms with Crippen LogP contribution >= 0.6 is 0 Å². The monoisotopic (exact) mass is 228 g/mol. The normalized spacial score (nSPS) is 14.8. The highest BCUT2D eigenvalue weighted by Crippen LogP contribution is 2.12. The first-order valence-electron chi connectivity index (χ1n) is 5.20. The third kappa shape index (κ3) is 4.99. The zero-order valence-corrected chi connectivity index (χ0v) is 10.5. The predicted molar refractivity (Wildman–Crippen MR) is 59.7 cm³/mol. The number of ether oxygens (including phenoxy) is 1. The Kier molecular flexibility index (Phi) is 5.25. The Morgan fingerprint density at radius 3 is 2.44 bits per heavy atom. The van der Waals surface area contributed by atoms with Crippen molar-refractivity contribution in [3.63, 3.8) is 0 Å². The Labute approximate surface area is 96.6 Å². The molecule has 0 rings (SSSR count). The van der Waals surface area contributed by atoms with Crippen LogP contribution in [0, 0.1) is 11.3 Å². The topological polar surface area (TPSA) is 73.6 Å². The average molecular weight is 228 g/mol. The smallest absolute Gasteiger partial charge is 0.410 e. The van der Waals surface area contributed by atoms with Crippen LogP contribution < -0.4 is 0 Å². The van der Waals surface area contributed by atoms with E-state index in [1.807, 2.05) is 6.07 Å². The van der Waals surface area contributed by atoms with E-state index in [0.29, 0.717) is 0 Å². The Morgan fingerprint density at radius 2 is 2.06 bits per heavy atom. The summed E-state index contributed by atoms with van der Waals surface area (Å²) in [7, 11) is 1.54. The highest BCUT2D eigenvalue weighted by Gasteiger charge is 2.26. The third-order valence-corrected chi connectivity index (χ3v) is 2.15. The maximum atomic E-state index is 11.6. The summed E-state index contributed by atoms with van der Waals surface area (Å²) in [6, 6.07) is 1.41. The molecule has 0 fully saturated rings. The molecule has 0 bridgehead atoms. The van der Waals surface area contributed by atoms with E-state index in [4.69, 9.17) is 10.00 Å². The van der Waals surface area contributed by atoms with Gasteiger partial charge >= 0.3 is 6.09 Å². The zero-order valence-electron chi connectivity index (χ0n) is 10.5. The molecule has 1 N–H and O–H groups in total. The number of nitriles is 1. The third-order valence-electron chi connectivity index (χ3n) is 2.15. The lowest BCUT2D eigenvalue weighted by atomic mass is 10.1. The first kappa shape index (κ1) is 14.7. The molecule has 2 unspecified atom stereocenters. The molecule has 5 nitrogen and oxygen atoms in total.